The van der Waals surface area contributed by atoms with Crippen LogP contribution in [0.4, 0.5) is 0 Å². The number of nitrogens with zero attached hydrogens (tertiary/aromatic N) is 1. The summed E-state index contributed by atoms with van der Waals surface area (Å²) in [6.07, 6.45) is 6.21. The maximum atomic E-state index is 12.4. The summed E-state index contributed by atoms with van der Waals surface area (Å²) in [4.78, 5) is 26.6. The van der Waals surface area contributed by atoms with Crippen molar-refractivity contribution in [2.45, 2.75) is 0 Å². The number of aromatic nitrogens is 2. The third-order valence-electron chi connectivity index (χ3n) is 3.69. The number of phenolic OH excluding ortho intramolecular Hbond substituents is 1. The lowest BCUT2D eigenvalue weighted by Gasteiger charge is -2.04. The van der Waals surface area contributed by atoms with Gasteiger partial charge in [0.05, 0.1) is 12.8 Å². The van der Waals surface area contributed by atoms with E-state index in [4.69, 9.17) is 4.74 Å². The second kappa shape index (κ2) is 6.92. The number of H-pyrrole nitrogens is 1. The summed E-state index contributed by atoms with van der Waals surface area (Å²) >= 11 is 0. The van der Waals surface area contributed by atoms with Crippen LogP contribution in [0.2, 0.25) is 0 Å². The van der Waals surface area contributed by atoms with E-state index in [0.717, 1.165) is 5.56 Å². The first kappa shape index (κ1) is 16.3. The summed E-state index contributed by atoms with van der Waals surface area (Å²) in [6, 6.07) is 11.6. The van der Waals surface area contributed by atoms with Crippen LogP contribution in [0.1, 0.15) is 15.9 Å². The van der Waals surface area contributed by atoms with Crippen molar-refractivity contribution in [1.29, 1.82) is 0 Å². The van der Waals surface area contributed by atoms with E-state index in [9.17, 15) is 14.7 Å². The van der Waals surface area contributed by atoms with E-state index < -0.39 is 0 Å². The van der Waals surface area contributed by atoms with Gasteiger partial charge in [-0.05, 0) is 35.9 Å². The Morgan fingerprint density at radius 2 is 2.08 bits per heavy atom. The van der Waals surface area contributed by atoms with Crippen molar-refractivity contribution in [3.8, 4) is 17.2 Å². The molecule has 0 unspecified atom stereocenters. The number of carbonyl (C=O) groups is 1. The standard InChI is InChI=1S/C19H16N2O4/c1-25-18-11-13(6-8-17(18)23)5-7-16(22)14-3-2-4-15(12-14)21-10-9-20-19(21)24/h2-12,23H,1H3,(H,20,24)/b7-5+. The SMILES string of the molecule is COc1cc(/C=C/C(=O)c2cccc(-n3cc[nH]c3=O)c2)ccc1O. The minimum Gasteiger partial charge on any atom is -0.504 e. The average Bonchev–Trinajstić information content (AvgIpc) is 3.07. The number of imidazole rings is 1. The molecule has 0 saturated heterocycles. The van der Waals surface area contributed by atoms with Crippen LogP contribution in [0.15, 0.2) is 65.7 Å². The molecule has 2 aromatic carbocycles. The fraction of sp³-hybridized carbons (Fsp3) is 0.0526. The second-order valence-electron chi connectivity index (χ2n) is 5.31. The minimum atomic E-state index is -0.267. The predicted octanol–water partition coefficient (Wildman–Crippen LogP) is 2.78. The third-order valence-corrected chi connectivity index (χ3v) is 3.69. The van der Waals surface area contributed by atoms with Crippen molar-refractivity contribution in [3.63, 3.8) is 0 Å². The van der Waals surface area contributed by atoms with Gasteiger partial charge in [0.1, 0.15) is 0 Å². The van der Waals surface area contributed by atoms with Crippen LogP contribution in [0.3, 0.4) is 0 Å². The van der Waals surface area contributed by atoms with Crippen molar-refractivity contribution in [2.24, 2.45) is 0 Å². The molecule has 3 rings (SSSR count). The number of ether oxygens (including phenoxy) is 1. The highest BCUT2D eigenvalue weighted by Crippen LogP contribution is 2.26. The molecule has 0 spiro atoms. The molecular weight excluding hydrogens is 320 g/mol. The lowest BCUT2D eigenvalue weighted by atomic mass is 10.1. The molecule has 0 bridgehead atoms. The molecule has 2 N–H and O–H groups in total. The largest absolute Gasteiger partial charge is 0.504 e. The van der Waals surface area contributed by atoms with E-state index in [0.29, 0.717) is 17.0 Å². The molecule has 1 aromatic heterocycles. The van der Waals surface area contributed by atoms with Gasteiger partial charge in [0.15, 0.2) is 17.3 Å². The highest BCUT2D eigenvalue weighted by Gasteiger charge is 2.06. The van der Waals surface area contributed by atoms with Gasteiger partial charge in [-0.1, -0.05) is 24.3 Å². The van der Waals surface area contributed by atoms with E-state index >= 15 is 0 Å². The first-order chi connectivity index (χ1) is 12.1. The molecule has 6 heteroatoms. The summed E-state index contributed by atoms with van der Waals surface area (Å²) in [5, 5.41) is 9.59. The van der Waals surface area contributed by atoms with Gasteiger partial charge in [0.25, 0.3) is 0 Å². The molecule has 1 heterocycles. The van der Waals surface area contributed by atoms with E-state index in [2.05, 4.69) is 4.98 Å². The zero-order valence-corrected chi connectivity index (χ0v) is 13.5. The molecule has 0 radical (unpaired) electrons. The lowest BCUT2D eigenvalue weighted by Crippen LogP contribution is -2.14. The highest BCUT2D eigenvalue weighted by atomic mass is 16.5. The average molecular weight is 336 g/mol. The molecular formula is C19H16N2O4. The number of phenols is 1. The molecule has 3 aromatic rings. The van der Waals surface area contributed by atoms with Gasteiger partial charge in [-0.25, -0.2) is 4.79 Å². The maximum Gasteiger partial charge on any atom is 0.330 e. The molecule has 126 valence electrons. The van der Waals surface area contributed by atoms with Crippen LogP contribution >= 0.6 is 0 Å². The van der Waals surface area contributed by atoms with Gasteiger partial charge in [-0.2, -0.15) is 0 Å². The molecule has 0 atom stereocenters. The number of methoxy groups -OCH3 is 1. The molecule has 6 nitrogen and oxygen atoms in total. The van der Waals surface area contributed by atoms with Crippen LogP contribution in [0, 0.1) is 0 Å². The van der Waals surface area contributed by atoms with Crippen LogP contribution < -0.4 is 10.4 Å². The van der Waals surface area contributed by atoms with E-state index in [1.807, 2.05) is 0 Å². The number of nitrogens with one attached hydrogen (secondary N) is 1. The zero-order valence-electron chi connectivity index (χ0n) is 13.5. The highest BCUT2D eigenvalue weighted by molar-refractivity contribution is 6.07. The fourth-order valence-corrected chi connectivity index (χ4v) is 2.40. The number of hydrogen-bond donors (Lipinski definition) is 2. The van der Waals surface area contributed by atoms with Crippen LogP contribution in [-0.4, -0.2) is 27.6 Å². The van der Waals surface area contributed by atoms with Gasteiger partial charge in [0.2, 0.25) is 0 Å². The zero-order chi connectivity index (χ0) is 17.8. The smallest absolute Gasteiger partial charge is 0.330 e. The topological polar surface area (TPSA) is 84.3 Å². The van der Waals surface area contributed by atoms with Gasteiger partial charge in [-0.3, -0.25) is 9.36 Å². The van der Waals surface area contributed by atoms with Gasteiger partial charge < -0.3 is 14.8 Å². The van der Waals surface area contributed by atoms with Crippen molar-refractivity contribution < 1.29 is 14.6 Å². The quantitative estimate of drug-likeness (QED) is 0.554. The monoisotopic (exact) mass is 336 g/mol. The van der Waals surface area contributed by atoms with E-state index in [1.54, 1.807) is 48.7 Å². The number of aromatic amines is 1. The maximum absolute atomic E-state index is 12.4. The number of rotatable bonds is 5. The summed E-state index contributed by atoms with van der Waals surface area (Å²) in [7, 11) is 1.46. The summed E-state index contributed by atoms with van der Waals surface area (Å²) in [5.41, 5.74) is 1.53. The van der Waals surface area contributed by atoms with Gasteiger partial charge >= 0.3 is 5.69 Å². The van der Waals surface area contributed by atoms with Gasteiger partial charge in [-0.15, -0.1) is 0 Å². The molecule has 0 aliphatic carbocycles. The minimum absolute atomic E-state index is 0.0376. The number of benzene rings is 2. The fourth-order valence-electron chi connectivity index (χ4n) is 2.40. The number of aromatic hydroxyl groups is 1. The molecule has 25 heavy (non-hydrogen) atoms. The van der Waals surface area contributed by atoms with Crippen molar-refractivity contribution in [1.82, 2.24) is 9.55 Å². The lowest BCUT2D eigenvalue weighted by molar-refractivity contribution is 0.104. The summed E-state index contributed by atoms with van der Waals surface area (Å²) in [5.74, 6) is 0.177. The molecule has 0 aliphatic heterocycles. The Morgan fingerprint density at radius 3 is 2.80 bits per heavy atom. The van der Waals surface area contributed by atoms with E-state index in [-0.39, 0.29) is 17.2 Å². The number of hydrogen-bond acceptors (Lipinski definition) is 4. The second-order valence-corrected chi connectivity index (χ2v) is 5.31. The Labute approximate surface area is 143 Å². The normalized spacial score (nSPS) is 10.9. The molecule has 0 amide bonds. The third kappa shape index (κ3) is 3.53. The molecule has 0 fully saturated rings. The Morgan fingerprint density at radius 1 is 1.24 bits per heavy atom. The van der Waals surface area contributed by atoms with Crippen LogP contribution in [0.5, 0.6) is 11.5 Å². The number of carbonyl (C=O) groups excluding carboxylic acids is 1. The Balaban J connectivity index is 1.84. The Hall–Kier alpha value is -3.54. The number of allylic oxidation sites excluding steroid dienone is 1. The van der Waals surface area contributed by atoms with Crippen molar-refractivity contribution in [2.75, 3.05) is 7.11 Å². The van der Waals surface area contributed by atoms with Crippen molar-refractivity contribution in [3.05, 3.63) is 82.5 Å². The van der Waals surface area contributed by atoms with Crippen LogP contribution in [0.25, 0.3) is 11.8 Å². The summed E-state index contributed by atoms with van der Waals surface area (Å²) < 4.78 is 6.46. The van der Waals surface area contributed by atoms with Crippen molar-refractivity contribution >= 4 is 11.9 Å². The number of ketones is 1. The van der Waals surface area contributed by atoms with Gasteiger partial charge in [0, 0.05) is 18.0 Å². The molecule has 0 saturated carbocycles. The first-order valence-corrected chi connectivity index (χ1v) is 7.54. The van der Waals surface area contributed by atoms with Crippen LogP contribution in [-0.2, 0) is 0 Å². The molecule has 0 aliphatic rings. The Kier molecular flexibility index (Phi) is 4.52. The first-order valence-electron chi connectivity index (χ1n) is 7.54. The Bertz CT molecular complexity index is 998. The predicted molar refractivity (Wildman–Crippen MR) is 94.4 cm³/mol. The van der Waals surface area contributed by atoms with E-state index in [1.165, 1.54) is 30.0 Å². The summed E-state index contributed by atoms with van der Waals surface area (Å²) in [6.45, 7) is 0.